The van der Waals surface area contributed by atoms with Crippen LogP contribution >= 0.6 is 0 Å². The van der Waals surface area contributed by atoms with Crippen molar-refractivity contribution in [3.05, 3.63) is 0 Å². The van der Waals surface area contributed by atoms with Crippen LogP contribution in [-0.2, 0) is 9.59 Å². The van der Waals surface area contributed by atoms with Gasteiger partial charge in [0.1, 0.15) is 11.6 Å². The smallest absolute Gasteiger partial charge is 0.451 e. The van der Waals surface area contributed by atoms with E-state index in [0.717, 1.165) is 0 Å². The molecule has 0 radical (unpaired) electrons. The van der Waals surface area contributed by atoms with Crippen molar-refractivity contribution in [1.29, 1.82) is 0 Å². The highest BCUT2D eigenvalue weighted by Gasteiger charge is 2.65. The Balaban J connectivity index is 2.22. The third-order valence-electron chi connectivity index (χ3n) is 5.17. The summed E-state index contributed by atoms with van der Waals surface area (Å²) in [6.45, 7) is 0.269. The van der Waals surface area contributed by atoms with Crippen molar-refractivity contribution in [3.8, 4) is 0 Å². The number of aliphatic hydroxyl groups excluding tert-OH is 1. The third kappa shape index (κ3) is 3.09. The number of carboxylic acids is 1. The Morgan fingerprint density at radius 1 is 1.35 bits per heavy atom. The number of carbonyl (C=O) groups excluding carboxylic acids is 1. The van der Waals surface area contributed by atoms with E-state index in [1.807, 2.05) is 0 Å². The molecule has 0 unspecified atom stereocenters. The van der Waals surface area contributed by atoms with Crippen molar-refractivity contribution in [2.45, 2.75) is 37.2 Å². The monoisotopic (exact) mass is 329 g/mol. The van der Waals surface area contributed by atoms with Crippen molar-refractivity contribution in [1.82, 2.24) is 10.2 Å². The molecule has 130 valence electrons. The zero-order valence-corrected chi connectivity index (χ0v) is 12.9. The standard InChI is InChI=1S/C13H24BN3O6/c15-9(6-18)10(19)17-7-12(2-1-4-14(22)23)3-5-16-13(12,8-17)11(20)21/h9,16,18,22-23H,1-8,15H2,(H,20,21)/t9-,12+,13+/m0/s1. The molecule has 1 amide bonds. The molecule has 0 saturated carbocycles. The van der Waals surface area contributed by atoms with Crippen LogP contribution in [-0.4, -0.2) is 82.0 Å². The van der Waals surface area contributed by atoms with E-state index in [2.05, 4.69) is 5.32 Å². The van der Waals surface area contributed by atoms with Crippen LogP contribution in [0.5, 0.6) is 0 Å². The summed E-state index contributed by atoms with van der Waals surface area (Å²) < 4.78 is 0. The van der Waals surface area contributed by atoms with Gasteiger partial charge in [-0.2, -0.15) is 0 Å². The number of nitrogens with two attached hydrogens (primary N) is 1. The Labute approximate surface area is 134 Å². The molecule has 0 bridgehead atoms. The maximum Gasteiger partial charge on any atom is 0.451 e. The molecule has 7 N–H and O–H groups in total. The van der Waals surface area contributed by atoms with Gasteiger partial charge in [-0.05, 0) is 25.7 Å². The topological polar surface area (TPSA) is 156 Å². The molecule has 0 aliphatic carbocycles. The van der Waals surface area contributed by atoms with Crippen molar-refractivity contribution in [3.63, 3.8) is 0 Å². The highest BCUT2D eigenvalue weighted by Crippen LogP contribution is 2.49. The number of aliphatic carboxylic acids is 1. The minimum atomic E-state index is -1.43. The van der Waals surface area contributed by atoms with E-state index >= 15 is 0 Å². The van der Waals surface area contributed by atoms with Gasteiger partial charge in [-0.15, -0.1) is 0 Å². The van der Waals surface area contributed by atoms with Gasteiger partial charge in [0.2, 0.25) is 5.91 Å². The molecule has 0 aromatic carbocycles. The predicted molar refractivity (Wildman–Crippen MR) is 81.3 cm³/mol. The molecule has 10 heteroatoms. The summed E-state index contributed by atoms with van der Waals surface area (Å²) >= 11 is 0. The lowest BCUT2D eigenvalue weighted by molar-refractivity contribution is -0.147. The lowest BCUT2D eigenvalue weighted by Gasteiger charge is -2.35. The Bertz CT molecular complexity index is 479. The zero-order chi connectivity index (χ0) is 17.3. The largest absolute Gasteiger partial charge is 0.480 e. The van der Waals surface area contributed by atoms with E-state index in [0.29, 0.717) is 25.8 Å². The first-order valence-corrected chi connectivity index (χ1v) is 7.78. The average Bonchev–Trinajstić information content (AvgIpc) is 2.98. The van der Waals surface area contributed by atoms with E-state index in [9.17, 15) is 14.7 Å². The zero-order valence-electron chi connectivity index (χ0n) is 12.9. The molecule has 23 heavy (non-hydrogen) atoms. The molecular formula is C13H24BN3O6. The molecular weight excluding hydrogens is 305 g/mol. The van der Waals surface area contributed by atoms with Crippen LogP contribution in [0.1, 0.15) is 19.3 Å². The lowest BCUT2D eigenvalue weighted by atomic mass is 9.68. The van der Waals surface area contributed by atoms with Crippen LogP contribution in [0.25, 0.3) is 0 Å². The molecule has 0 aromatic rings. The number of likely N-dealkylation sites (tertiary alicyclic amines) is 1. The minimum absolute atomic E-state index is 0.00343. The minimum Gasteiger partial charge on any atom is -0.480 e. The number of hydrogen-bond donors (Lipinski definition) is 6. The van der Waals surface area contributed by atoms with E-state index in [4.69, 9.17) is 20.9 Å². The SMILES string of the molecule is N[C@@H](CO)C(=O)N1C[C@@]2(CCCB(O)O)CCN[C@@]2(C(=O)O)C1. The molecule has 2 fully saturated rings. The summed E-state index contributed by atoms with van der Waals surface area (Å²) in [6.07, 6.45) is 1.64. The molecule has 2 saturated heterocycles. The van der Waals surface area contributed by atoms with E-state index in [-0.39, 0.29) is 19.4 Å². The molecule has 2 rings (SSSR count). The van der Waals surface area contributed by atoms with Gasteiger partial charge < -0.3 is 30.9 Å². The van der Waals surface area contributed by atoms with E-state index in [1.54, 1.807) is 0 Å². The average molecular weight is 329 g/mol. The number of aliphatic hydroxyl groups is 1. The first-order valence-electron chi connectivity index (χ1n) is 7.78. The normalized spacial score (nSPS) is 31.0. The molecule has 2 heterocycles. The second kappa shape index (κ2) is 6.74. The number of nitrogens with one attached hydrogen (secondary N) is 1. The molecule has 3 atom stereocenters. The Morgan fingerprint density at radius 2 is 2.04 bits per heavy atom. The highest BCUT2D eigenvalue weighted by atomic mass is 16.4. The Morgan fingerprint density at radius 3 is 2.61 bits per heavy atom. The summed E-state index contributed by atoms with van der Waals surface area (Å²) in [5, 5.41) is 39.8. The maximum atomic E-state index is 12.2. The fourth-order valence-electron chi connectivity index (χ4n) is 3.94. The van der Waals surface area contributed by atoms with Gasteiger partial charge in [-0.3, -0.25) is 14.9 Å². The number of fused-ring (bicyclic) bond motifs is 1. The van der Waals surface area contributed by atoms with Gasteiger partial charge in [0.25, 0.3) is 0 Å². The van der Waals surface area contributed by atoms with Crippen LogP contribution in [0.2, 0.25) is 6.32 Å². The molecule has 2 aliphatic rings. The fraction of sp³-hybridized carbons (Fsp3) is 0.846. The van der Waals surface area contributed by atoms with Gasteiger partial charge in [0, 0.05) is 12.0 Å². The van der Waals surface area contributed by atoms with E-state index < -0.39 is 42.6 Å². The first-order chi connectivity index (χ1) is 10.8. The fourth-order valence-corrected chi connectivity index (χ4v) is 3.94. The van der Waals surface area contributed by atoms with Crippen LogP contribution < -0.4 is 11.1 Å². The van der Waals surface area contributed by atoms with Crippen molar-refractivity contribution in [2.75, 3.05) is 26.2 Å². The molecule has 0 spiro atoms. The number of nitrogens with zero attached hydrogens (tertiary/aromatic N) is 1. The van der Waals surface area contributed by atoms with Crippen LogP contribution in [0.15, 0.2) is 0 Å². The van der Waals surface area contributed by atoms with Crippen LogP contribution in [0.3, 0.4) is 0 Å². The predicted octanol–water partition coefficient (Wildman–Crippen LogP) is -2.80. The van der Waals surface area contributed by atoms with Gasteiger partial charge >= 0.3 is 13.1 Å². The molecule has 0 aromatic heterocycles. The quantitative estimate of drug-likeness (QED) is 0.274. The summed E-state index contributed by atoms with van der Waals surface area (Å²) in [6, 6.07) is -1.06. The van der Waals surface area contributed by atoms with Gasteiger partial charge in [-0.1, -0.05) is 6.42 Å². The number of carboxylic acid groups (broad SMARTS) is 1. The van der Waals surface area contributed by atoms with Gasteiger partial charge in [0.15, 0.2) is 0 Å². The Hall–Kier alpha value is -1.20. The summed E-state index contributed by atoms with van der Waals surface area (Å²) in [5.74, 6) is -1.49. The van der Waals surface area contributed by atoms with Gasteiger partial charge in [0.05, 0.1) is 13.2 Å². The maximum absolute atomic E-state index is 12.2. The highest BCUT2D eigenvalue weighted by molar-refractivity contribution is 6.40. The van der Waals surface area contributed by atoms with Crippen LogP contribution in [0, 0.1) is 5.41 Å². The van der Waals surface area contributed by atoms with Gasteiger partial charge in [-0.25, -0.2) is 0 Å². The number of rotatable bonds is 7. The number of carbonyl (C=O) groups is 2. The first kappa shape index (κ1) is 18.1. The summed E-state index contributed by atoms with van der Waals surface area (Å²) in [4.78, 5) is 25.6. The third-order valence-corrected chi connectivity index (χ3v) is 5.17. The molecule has 9 nitrogen and oxygen atoms in total. The lowest BCUT2D eigenvalue weighted by Crippen LogP contribution is -2.58. The summed E-state index contributed by atoms with van der Waals surface area (Å²) in [5.41, 5.74) is 3.65. The second-order valence-electron chi connectivity index (χ2n) is 6.52. The number of amides is 1. The Kier molecular flexibility index (Phi) is 5.32. The summed E-state index contributed by atoms with van der Waals surface area (Å²) in [7, 11) is -1.43. The molecule has 2 aliphatic heterocycles. The van der Waals surface area contributed by atoms with Crippen molar-refractivity contribution in [2.24, 2.45) is 11.1 Å². The van der Waals surface area contributed by atoms with E-state index in [1.165, 1.54) is 4.90 Å². The van der Waals surface area contributed by atoms with Crippen molar-refractivity contribution >= 4 is 19.0 Å². The number of hydrogen-bond acceptors (Lipinski definition) is 7. The second-order valence-corrected chi connectivity index (χ2v) is 6.52. The van der Waals surface area contributed by atoms with Crippen molar-refractivity contribution < 1.29 is 29.9 Å². The van der Waals surface area contributed by atoms with Crippen LogP contribution in [0.4, 0.5) is 0 Å².